The fraction of sp³-hybridized carbons (Fsp3) is 0.455. The smallest absolute Gasteiger partial charge is 0.273 e. The van der Waals surface area contributed by atoms with E-state index in [-0.39, 0.29) is 23.2 Å². The first kappa shape index (κ1) is 21.5. The molecule has 5 rings (SSSR count). The quantitative estimate of drug-likeness (QED) is 0.523. The zero-order valence-corrected chi connectivity index (χ0v) is 18.4. The molecule has 0 aliphatic carbocycles. The summed E-state index contributed by atoms with van der Waals surface area (Å²) in [5.74, 6) is -1.03. The topological polar surface area (TPSA) is 108 Å². The van der Waals surface area contributed by atoms with Crippen molar-refractivity contribution < 1.29 is 13.9 Å². The van der Waals surface area contributed by atoms with Gasteiger partial charge in [0.05, 0.1) is 24.9 Å². The molecule has 10 nitrogen and oxygen atoms in total. The highest BCUT2D eigenvalue weighted by molar-refractivity contribution is 5.92. The largest absolute Gasteiger partial charge is 0.377 e. The van der Waals surface area contributed by atoms with Gasteiger partial charge in [-0.3, -0.25) is 14.5 Å². The SMILES string of the molecule is CCc1nn2cc(CN3CCN(c4ccc(C(=O)NC5COC5)nc4F)CC3)cc2[nH]c1=O. The summed E-state index contributed by atoms with van der Waals surface area (Å²) in [4.78, 5) is 35.1. The molecule has 0 radical (unpaired) electrons. The maximum absolute atomic E-state index is 14.7. The molecule has 0 bridgehead atoms. The molecule has 2 N–H and O–H groups in total. The molecule has 2 saturated heterocycles. The van der Waals surface area contributed by atoms with Crippen LogP contribution >= 0.6 is 0 Å². The molecule has 5 heterocycles. The molecule has 0 spiro atoms. The zero-order valence-electron chi connectivity index (χ0n) is 18.4. The minimum atomic E-state index is -0.638. The fourth-order valence-corrected chi connectivity index (χ4v) is 4.14. The van der Waals surface area contributed by atoms with Crippen molar-refractivity contribution in [1.82, 2.24) is 29.8 Å². The fourth-order valence-electron chi connectivity index (χ4n) is 4.14. The lowest BCUT2D eigenvalue weighted by atomic mass is 10.2. The summed E-state index contributed by atoms with van der Waals surface area (Å²) in [6.07, 6.45) is 2.51. The van der Waals surface area contributed by atoms with Crippen molar-refractivity contribution in [2.24, 2.45) is 0 Å². The molecule has 3 aromatic rings. The van der Waals surface area contributed by atoms with Gasteiger partial charge in [0, 0.05) is 38.9 Å². The summed E-state index contributed by atoms with van der Waals surface area (Å²) < 4.78 is 21.4. The van der Waals surface area contributed by atoms with Gasteiger partial charge in [-0.05, 0) is 30.2 Å². The Morgan fingerprint density at radius 2 is 2.06 bits per heavy atom. The molecular formula is C22H26FN7O3. The third-order valence-corrected chi connectivity index (χ3v) is 6.08. The standard InChI is InChI=1S/C22H26FN7O3/c1-2-16-21(31)26-19-9-14(11-30(19)27-16)10-28-5-7-29(8-6-28)18-4-3-17(25-20(18)23)22(32)24-15-12-33-13-15/h3-4,9,11,15H,2,5-8,10,12-13H2,1H3,(H,24,32)(H,26,31). The van der Waals surface area contributed by atoms with Crippen LogP contribution in [0.5, 0.6) is 0 Å². The van der Waals surface area contributed by atoms with Gasteiger partial charge in [0.2, 0.25) is 5.95 Å². The van der Waals surface area contributed by atoms with E-state index in [9.17, 15) is 14.0 Å². The van der Waals surface area contributed by atoms with E-state index in [1.54, 1.807) is 16.6 Å². The van der Waals surface area contributed by atoms with Crippen molar-refractivity contribution in [2.75, 3.05) is 44.3 Å². The Labute approximate surface area is 189 Å². The number of halogens is 1. The molecule has 2 aliphatic heterocycles. The van der Waals surface area contributed by atoms with Crippen LogP contribution in [0.1, 0.15) is 28.7 Å². The van der Waals surface area contributed by atoms with Crippen LogP contribution in [0.25, 0.3) is 5.65 Å². The van der Waals surface area contributed by atoms with Crippen LogP contribution in [0, 0.1) is 5.95 Å². The van der Waals surface area contributed by atoms with Gasteiger partial charge in [-0.15, -0.1) is 0 Å². The Hall–Kier alpha value is -3.31. The Morgan fingerprint density at radius 3 is 2.73 bits per heavy atom. The molecule has 33 heavy (non-hydrogen) atoms. The highest BCUT2D eigenvalue weighted by atomic mass is 19.1. The molecule has 0 unspecified atom stereocenters. The monoisotopic (exact) mass is 455 g/mol. The van der Waals surface area contributed by atoms with E-state index >= 15 is 0 Å². The van der Waals surface area contributed by atoms with Crippen LogP contribution in [0.2, 0.25) is 0 Å². The highest BCUT2D eigenvalue weighted by Gasteiger charge is 2.24. The van der Waals surface area contributed by atoms with Crippen molar-refractivity contribution in [2.45, 2.75) is 25.9 Å². The van der Waals surface area contributed by atoms with E-state index in [1.807, 2.05) is 24.1 Å². The van der Waals surface area contributed by atoms with Gasteiger partial charge in [0.15, 0.2) is 0 Å². The number of pyridine rings is 1. The normalized spacial score (nSPS) is 17.3. The van der Waals surface area contributed by atoms with Gasteiger partial charge in [0.25, 0.3) is 11.5 Å². The first-order chi connectivity index (χ1) is 16.0. The van der Waals surface area contributed by atoms with E-state index < -0.39 is 5.95 Å². The second-order valence-corrected chi connectivity index (χ2v) is 8.41. The van der Waals surface area contributed by atoms with E-state index in [2.05, 4.69) is 25.3 Å². The number of hydrogen-bond acceptors (Lipinski definition) is 7. The molecular weight excluding hydrogens is 429 g/mol. The van der Waals surface area contributed by atoms with E-state index in [0.29, 0.717) is 56.3 Å². The average molecular weight is 455 g/mol. The number of piperazine rings is 1. The zero-order chi connectivity index (χ0) is 22.9. The van der Waals surface area contributed by atoms with Gasteiger partial charge in [-0.1, -0.05) is 6.92 Å². The number of carbonyl (C=O) groups excluding carboxylic acids is 1. The minimum Gasteiger partial charge on any atom is -0.377 e. The molecule has 1 amide bonds. The number of H-pyrrole nitrogens is 1. The number of amides is 1. The number of nitrogens with zero attached hydrogens (tertiary/aromatic N) is 5. The number of hydrogen-bond donors (Lipinski definition) is 2. The third kappa shape index (κ3) is 4.46. The first-order valence-electron chi connectivity index (χ1n) is 11.1. The predicted octanol–water partition coefficient (Wildman–Crippen LogP) is 0.570. The molecule has 0 saturated carbocycles. The van der Waals surface area contributed by atoms with Crippen molar-refractivity contribution in [3.8, 4) is 0 Å². The summed E-state index contributed by atoms with van der Waals surface area (Å²) in [6.45, 7) is 6.36. The van der Waals surface area contributed by atoms with Crippen LogP contribution < -0.4 is 15.8 Å². The Kier molecular flexibility index (Phi) is 5.81. The van der Waals surface area contributed by atoms with Gasteiger partial charge < -0.3 is 19.9 Å². The van der Waals surface area contributed by atoms with Crippen LogP contribution in [0.4, 0.5) is 10.1 Å². The summed E-state index contributed by atoms with van der Waals surface area (Å²) in [7, 11) is 0. The molecule has 2 aliphatic rings. The van der Waals surface area contributed by atoms with E-state index in [4.69, 9.17) is 4.74 Å². The van der Waals surface area contributed by atoms with Gasteiger partial charge in [0.1, 0.15) is 17.0 Å². The Morgan fingerprint density at radius 1 is 1.27 bits per heavy atom. The van der Waals surface area contributed by atoms with Crippen LogP contribution in [0.15, 0.2) is 29.2 Å². The Balaban J connectivity index is 1.20. The number of rotatable bonds is 6. The average Bonchev–Trinajstić information content (AvgIpc) is 3.17. The summed E-state index contributed by atoms with van der Waals surface area (Å²) in [5, 5.41) is 7.14. The van der Waals surface area contributed by atoms with Gasteiger partial charge >= 0.3 is 0 Å². The molecule has 174 valence electrons. The summed E-state index contributed by atoms with van der Waals surface area (Å²) in [6, 6.07) is 5.09. The number of ether oxygens (including phenoxy) is 1. The second-order valence-electron chi connectivity index (χ2n) is 8.41. The number of nitrogens with one attached hydrogen (secondary N) is 2. The summed E-state index contributed by atoms with van der Waals surface area (Å²) >= 11 is 0. The number of carbonyl (C=O) groups is 1. The van der Waals surface area contributed by atoms with E-state index in [0.717, 1.165) is 18.7 Å². The second kappa shape index (κ2) is 8.91. The van der Waals surface area contributed by atoms with Crippen molar-refractivity contribution >= 4 is 17.2 Å². The highest BCUT2D eigenvalue weighted by Crippen LogP contribution is 2.21. The maximum atomic E-state index is 14.7. The maximum Gasteiger partial charge on any atom is 0.273 e. The number of fused-ring (bicyclic) bond motifs is 1. The lowest BCUT2D eigenvalue weighted by Gasteiger charge is -2.35. The Bertz CT molecular complexity index is 1230. The van der Waals surface area contributed by atoms with Gasteiger partial charge in [-0.2, -0.15) is 9.49 Å². The van der Waals surface area contributed by atoms with Crippen molar-refractivity contribution in [3.05, 3.63) is 57.6 Å². The molecule has 0 atom stereocenters. The third-order valence-electron chi connectivity index (χ3n) is 6.08. The number of anilines is 1. The number of aromatic amines is 1. The molecule has 2 fully saturated rings. The van der Waals surface area contributed by atoms with Crippen molar-refractivity contribution in [3.63, 3.8) is 0 Å². The lowest BCUT2D eigenvalue weighted by molar-refractivity contribution is -0.00356. The summed E-state index contributed by atoms with van der Waals surface area (Å²) in [5.41, 5.74) is 2.56. The first-order valence-corrected chi connectivity index (χ1v) is 11.1. The minimum absolute atomic E-state index is 0.0294. The van der Waals surface area contributed by atoms with Gasteiger partial charge in [-0.25, -0.2) is 9.50 Å². The van der Waals surface area contributed by atoms with Crippen LogP contribution in [-0.4, -0.2) is 75.8 Å². The van der Waals surface area contributed by atoms with Crippen LogP contribution in [0.3, 0.4) is 0 Å². The molecule has 3 aromatic heterocycles. The van der Waals surface area contributed by atoms with Crippen molar-refractivity contribution in [1.29, 1.82) is 0 Å². The number of aromatic nitrogens is 4. The molecule has 11 heteroatoms. The van der Waals surface area contributed by atoms with E-state index in [1.165, 1.54) is 0 Å². The lowest BCUT2D eigenvalue weighted by Crippen LogP contribution is -2.48. The number of aryl methyl sites for hydroxylation is 1. The molecule has 0 aromatic carbocycles. The predicted molar refractivity (Wildman–Crippen MR) is 119 cm³/mol. The van der Waals surface area contributed by atoms with Crippen LogP contribution in [-0.2, 0) is 17.7 Å².